The van der Waals surface area contributed by atoms with Gasteiger partial charge < -0.3 is 10.2 Å². The van der Waals surface area contributed by atoms with Crippen LogP contribution in [0.25, 0.3) is 0 Å². The Kier molecular flexibility index (Phi) is 4.62. The van der Waals surface area contributed by atoms with Crippen LogP contribution >= 0.6 is 0 Å². The standard InChI is InChI=1S/C21H23N5O/c1-15-11-19(25(2)24-15)21(27)23-13-16-7-8-20(22-12-16)26-10-9-17-5-3-4-6-18(17)14-26/h3-8,11-12H,9-10,13-14H2,1-2H3,(H,23,27). The third kappa shape index (κ3) is 3.69. The first-order chi connectivity index (χ1) is 13.1. The number of nitrogens with one attached hydrogen (secondary N) is 1. The molecular formula is C21H23N5O. The SMILES string of the molecule is Cc1cc(C(=O)NCc2ccc(N3CCc4ccccc4C3)nc2)n(C)n1. The van der Waals surface area contributed by atoms with E-state index >= 15 is 0 Å². The maximum absolute atomic E-state index is 12.3. The van der Waals surface area contributed by atoms with Crippen molar-refractivity contribution < 1.29 is 4.79 Å². The number of pyridine rings is 1. The summed E-state index contributed by atoms with van der Waals surface area (Å²) in [5, 5.41) is 7.13. The van der Waals surface area contributed by atoms with Crippen LogP contribution in [0.2, 0.25) is 0 Å². The molecule has 1 aromatic carbocycles. The van der Waals surface area contributed by atoms with Gasteiger partial charge in [0.25, 0.3) is 5.91 Å². The number of hydrogen-bond donors (Lipinski definition) is 1. The predicted octanol–water partition coefficient (Wildman–Crippen LogP) is 2.62. The van der Waals surface area contributed by atoms with E-state index in [2.05, 4.69) is 44.6 Å². The molecule has 3 aromatic rings. The lowest BCUT2D eigenvalue weighted by Gasteiger charge is -2.29. The highest BCUT2D eigenvalue weighted by atomic mass is 16.2. The summed E-state index contributed by atoms with van der Waals surface area (Å²) in [7, 11) is 1.77. The summed E-state index contributed by atoms with van der Waals surface area (Å²) < 4.78 is 1.60. The zero-order valence-electron chi connectivity index (χ0n) is 15.6. The molecule has 27 heavy (non-hydrogen) atoms. The second kappa shape index (κ2) is 7.23. The third-order valence-electron chi connectivity index (χ3n) is 4.95. The molecule has 1 amide bonds. The topological polar surface area (TPSA) is 63.1 Å². The Labute approximate surface area is 158 Å². The Morgan fingerprint density at radius 1 is 1.19 bits per heavy atom. The molecule has 0 saturated carbocycles. The molecule has 0 bridgehead atoms. The van der Waals surface area contributed by atoms with Crippen LogP contribution in [0.4, 0.5) is 5.82 Å². The molecule has 1 aliphatic heterocycles. The summed E-state index contributed by atoms with van der Waals surface area (Å²) in [4.78, 5) is 19.2. The number of nitrogens with zero attached hydrogens (tertiary/aromatic N) is 4. The Bertz CT molecular complexity index is 961. The van der Waals surface area contributed by atoms with E-state index in [0.717, 1.165) is 36.6 Å². The predicted molar refractivity (Wildman–Crippen MR) is 105 cm³/mol. The highest BCUT2D eigenvalue weighted by molar-refractivity contribution is 5.92. The zero-order valence-corrected chi connectivity index (χ0v) is 15.6. The molecule has 3 heterocycles. The van der Waals surface area contributed by atoms with Gasteiger partial charge in [0.15, 0.2) is 0 Å². The van der Waals surface area contributed by atoms with Gasteiger partial charge >= 0.3 is 0 Å². The fourth-order valence-electron chi connectivity index (χ4n) is 3.50. The number of amides is 1. The van der Waals surface area contributed by atoms with Gasteiger partial charge in [-0.1, -0.05) is 30.3 Å². The molecule has 0 radical (unpaired) electrons. The summed E-state index contributed by atoms with van der Waals surface area (Å²) in [5.41, 5.74) is 5.16. The van der Waals surface area contributed by atoms with E-state index in [0.29, 0.717) is 12.2 Å². The number of aromatic nitrogens is 3. The molecule has 138 valence electrons. The van der Waals surface area contributed by atoms with Crippen molar-refractivity contribution in [1.82, 2.24) is 20.1 Å². The fraction of sp³-hybridized carbons (Fsp3) is 0.286. The van der Waals surface area contributed by atoms with Crippen molar-refractivity contribution in [3.8, 4) is 0 Å². The van der Waals surface area contributed by atoms with E-state index in [1.165, 1.54) is 11.1 Å². The van der Waals surface area contributed by atoms with Crippen molar-refractivity contribution >= 4 is 11.7 Å². The number of anilines is 1. The molecule has 0 aliphatic carbocycles. The van der Waals surface area contributed by atoms with Gasteiger partial charge in [-0.05, 0) is 42.2 Å². The minimum atomic E-state index is -0.130. The van der Waals surface area contributed by atoms with E-state index in [1.54, 1.807) is 17.8 Å². The smallest absolute Gasteiger partial charge is 0.269 e. The summed E-state index contributed by atoms with van der Waals surface area (Å²) in [6.45, 7) is 4.18. The molecule has 6 heteroatoms. The second-order valence-corrected chi connectivity index (χ2v) is 6.94. The van der Waals surface area contributed by atoms with Gasteiger partial charge in [0, 0.05) is 32.9 Å². The Hall–Kier alpha value is -3.15. The number of carbonyl (C=O) groups is 1. The first kappa shape index (κ1) is 17.3. The minimum Gasteiger partial charge on any atom is -0.352 e. The van der Waals surface area contributed by atoms with Crippen molar-refractivity contribution in [2.24, 2.45) is 7.05 Å². The van der Waals surface area contributed by atoms with E-state index in [4.69, 9.17) is 0 Å². The Morgan fingerprint density at radius 3 is 2.70 bits per heavy atom. The molecule has 1 aliphatic rings. The molecule has 0 saturated heterocycles. The van der Waals surface area contributed by atoms with Crippen molar-refractivity contribution in [2.45, 2.75) is 26.4 Å². The van der Waals surface area contributed by atoms with E-state index < -0.39 is 0 Å². The second-order valence-electron chi connectivity index (χ2n) is 6.94. The maximum Gasteiger partial charge on any atom is 0.269 e. The normalized spacial score (nSPS) is 13.3. The lowest BCUT2D eigenvalue weighted by Crippen LogP contribution is -2.31. The molecule has 0 fully saturated rings. The van der Waals surface area contributed by atoms with Gasteiger partial charge in [-0.3, -0.25) is 9.48 Å². The molecule has 2 aromatic heterocycles. The number of fused-ring (bicyclic) bond motifs is 1. The first-order valence-electron chi connectivity index (χ1n) is 9.15. The van der Waals surface area contributed by atoms with Crippen LogP contribution in [0, 0.1) is 6.92 Å². The third-order valence-corrected chi connectivity index (χ3v) is 4.95. The van der Waals surface area contributed by atoms with Crippen LogP contribution in [-0.2, 0) is 26.6 Å². The summed E-state index contributed by atoms with van der Waals surface area (Å²) in [6.07, 6.45) is 2.88. The molecule has 0 unspecified atom stereocenters. The number of hydrogen-bond acceptors (Lipinski definition) is 4. The van der Waals surface area contributed by atoms with Crippen molar-refractivity contribution in [2.75, 3.05) is 11.4 Å². The average molecular weight is 361 g/mol. The van der Waals surface area contributed by atoms with Gasteiger partial charge in [-0.2, -0.15) is 5.10 Å². The maximum atomic E-state index is 12.3. The van der Waals surface area contributed by atoms with Gasteiger partial charge in [0.05, 0.1) is 5.69 Å². The molecule has 0 atom stereocenters. The van der Waals surface area contributed by atoms with Crippen LogP contribution in [0.15, 0.2) is 48.7 Å². The fourth-order valence-corrected chi connectivity index (χ4v) is 3.50. The lowest BCUT2D eigenvalue weighted by molar-refractivity contribution is 0.0941. The molecule has 4 rings (SSSR count). The molecule has 1 N–H and O–H groups in total. The minimum absolute atomic E-state index is 0.130. The first-order valence-corrected chi connectivity index (χ1v) is 9.15. The monoisotopic (exact) mass is 361 g/mol. The van der Waals surface area contributed by atoms with Gasteiger partial charge in [-0.15, -0.1) is 0 Å². The zero-order chi connectivity index (χ0) is 18.8. The van der Waals surface area contributed by atoms with E-state index in [1.807, 2.05) is 25.3 Å². The van der Waals surface area contributed by atoms with Crippen LogP contribution in [0.3, 0.4) is 0 Å². The lowest BCUT2D eigenvalue weighted by atomic mass is 10.00. The highest BCUT2D eigenvalue weighted by Crippen LogP contribution is 2.22. The average Bonchev–Trinajstić information content (AvgIpc) is 3.04. The van der Waals surface area contributed by atoms with Crippen molar-refractivity contribution in [3.63, 3.8) is 0 Å². The van der Waals surface area contributed by atoms with Crippen molar-refractivity contribution in [1.29, 1.82) is 0 Å². The summed E-state index contributed by atoms with van der Waals surface area (Å²) in [5.74, 6) is 0.844. The number of rotatable bonds is 4. The number of benzene rings is 1. The van der Waals surface area contributed by atoms with E-state index in [-0.39, 0.29) is 5.91 Å². The van der Waals surface area contributed by atoms with E-state index in [9.17, 15) is 4.79 Å². The summed E-state index contributed by atoms with van der Waals surface area (Å²) in [6, 6.07) is 14.4. The number of aryl methyl sites for hydroxylation is 2. The van der Waals surface area contributed by atoms with Gasteiger partial charge in [0.1, 0.15) is 11.5 Å². The molecule has 6 nitrogen and oxygen atoms in total. The largest absolute Gasteiger partial charge is 0.352 e. The number of carbonyl (C=O) groups excluding carboxylic acids is 1. The van der Waals surface area contributed by atoms with Crippen molar-refractivity contribution in [3.05, 3.63) is 76.7 Å². The van der Waals surface area contributed by atoms with Gasteiger partial charge in [-0.25, -0.2) is 4.98 Å². The van der Waals surface area contributed by atoms with Crippen LogP contribution in [-0.4, -0.2) is 27.2 Å². The Balaban J connectivity index is 1.38. The summed E-state index contributed by atoms with van der Waals surface area (Å²) >= 11 is 0. The van der Waals surface area contributed by atoms with Crippen LogP contribution in [0.1, 0.15) is 32.9 Å². The van der Waals surface area contributed by atoms with Crippen LogP contribution in [0.5, 0.6) is 0 Å². The van der Waals surface area contributed by atoms with Crippen LogP contribution < -0.4 is 10.2 Å². The Morgan fingerprint density at radius 2 is 2.00 bits per heavy atom. The van der Waals surface area contributed by atoms with Gasteiger partial charge in [0.2, 0.25) is 0 Å². The highest BCUT2D eigenvalue weighted by Gasteiger charge is 2.17. The quantitative estimate of drug-likeness (QED) is 0.776. The molecule has 0 spiro atoms. The molecular weight excluding hydrogens is 338 g/mol.